The molecule has 0 amide bonds. The van der Waals surface area contributed by atoms with Gasteiger partial charge in [0.05, 0.1) is 21.3 Å². The maximum Gasteiger partial charge on any atom is 0.235 e. The van der Waals surface area contributed by atoms with Crippen LogP contribution in [0.25, 0.3) is 12.2 Å². The molecule has 0 unspecified atom stereocenters. The summed E-state index contributed by atoms with van der Waals surface area (Å²) in [5.41, 5.74) is 1.13. The van der Waals surface area contributed by atoms with Crippen molar-refractivity contribution in [3.8, 4) is 23.3 Å². The summed E-state index contributed by atoms with van der Waals surface area (Å²) in [5.74, 6) is 2.57. The molecule has 1 aromatic carbocycles. The number of anilines is 1. The van der Waals surface area contributed by atoms with Gasteiger partial charge in [0.25, 0.3) is 0 Å². The van der Waals surface area contributed by atoms with Crippen molar-refractivity contribution in [3.63, 3.8) is 0 Å². The number of oxazole rings is 1. The van der Waals surface area contributed by atoms with Crippen LogP contribution in [0.4, 0.5) is 5.88 Å². The van der Waals surface area contributed by atoms with Crippen molar-refractivity contribution in [1.82, 2.24) is 9.88 Å². The topological polar surface area (TPSA) is 84.0 Å². The van der Waals surface area contributed by atoms with Gasteiger partial charge < -0.3 is 28.4 Å². The van der Waals surface area contributed by atoms with E-state index in [-0.39, 0.29) is 0 Å². The number of hydrogen-bond donors (Lipinski definition) is 0. The van der Waals surface area contributed by atoms with Crippen molar-refractivity contribution < 1.29 is 18.6 Å². The molecule has 29 heavy (non-hydrogen) atoms. The van der Waals surface area contributed by atoms with Crippen LogP contribution in [0.5, 0.6) is 17.2 Å². The standard InChI is InChI=1S/C21H26N4O4/c1-5-24-8-10-25(11-9-24)21-16(14-22)23-19(29-21)7-6-15-12-17(26-2)20(28-4)18(13-15)27-3/h6-7,12-13H,5,8-11H2,1-4H3. The highest BCUT2D eigenvalue weighted by Gasteiger charge is 2.23. The first-order valence-electron chi connectivity index (χ1n) is 9.49. The highest BCUT2D eigenvalue weighted by Crippen LogP contribution is 2.38. The normalized spacial score (nSPS) is 14.8. The van der Waals surface area contributed by atoms with Crippen LogP contribution in [0.15, 0.2) is 16.5 Å². The molecule has 1 saturated heterocycles. The highest BCUT2D eigenvalue weighted by molar-refractivity contribution is 5.71. The van der Waals surface area contributed by atoms with E-state index in [0.717, 1.165) is 38.3 Å². The van der Waals surface area contributed by atoms with E-state index >= 15 is 0 Å². The zero-order valence-electron chi connectivity index (χ0n) is 17.3. The van der Waals surface area contributed by atoms with Crippen LogP contribution in [-0.4, -0.2) is 63.9 Å². The van der Waals surface area contributed by atoms with Crippen molar-refractivity contribution in [3.05, 3.63) is 29.3 Å². The van der Waals surface area contributed by atoms with E-state index < -0.39 is 0 Å². The van der Waals surface area contributed by atoms with Crippen molar-refractivity contribution in [1.29, 1.82) is 5.26 Å². The van der Waals surface area contributed by atoms with Crippen molar-refractivity contribution in [2.75, 3.05) is 59.0 Å². The number of rotatable bonds is 7. The van der Waals surface area contributed by atoms with Crippen molar-refractivity contribution in [2.24, 2.45) is 0 Å². The number of nitrogens with zero attached hydrogens (tertiary/aromatic N) is 4. The van der Waals surface area contributed by atoms with E-state index in [1.54, 1.807) is 27.4 Å². The second kappa shape index (κ2) is 9.34. The molecule has 2 heterocycles. The van der Waals surface area contributed by atoms with Gasteiger partial charge in [-0.3, -0.25) is 0 Å². The molecule has 8 heteroatoms. The predicted octanol–water partition coefficient (Wildman–Crippen LogP) is 2.88. The fourth-order valence-corrected chi connectivity index (χ4v) is 3.32. The lowest BCUT2D eigenvalue weighted by Gasteiger charge is -2.33. The number of aromatic nitrogens is 1. The number of methoxy groups -OCH3 is 3. The lowest BCUT2D eigenvalue weighted by atomic mass is 10.1. The molecule has 3 rings (SSSR count). The smallest absolute Gasteiger partial charge is 0.235 e. The molecule has 8 nitrogen and oxygen atoms in total. The highest BCUT2D eigenvalue weighted by atomic mass is 16.5. The average Bonchev–Trinajstić information content (AvgIpc) is 3.20. The zero-order valence-corrected chi connectivity index (χ0v) is 17.3. The molecule has 0 spiro atoms. The molecule has 1 aliphatic heterocycles. The molecule has 0 radical (unpaired) electrons. The Kier molecular flexibility index (Phi) is 6.62. The second-order valence-electron chi connectivity index (χ2n) is 6.53. The van der Waals surface area contributed by atoms with Gasteiger partial charge in [0.15, 0.2) is 11.5 Å². The van der Waals surface area contributed by atoms with Gasteiger partial charge in [-0.1, -0.05) is 6.92 Å². The van der Waals surface area contributed by atoms with Gasteiger partial charge in [-0.15, -0.1) is 0 Å². The van der Waals surface area contributed by atoms with E-state index in [9.17, 15) is 5.26 Å². The molecule has 1 aliphatic rings. The molecule has 1 fully saturated rings. The molecule has 0 atom stereocenters. The monoisotopic (exact) mass is 398 g/mol. The van der Waals surface area contributed by atoms with Gasteiger partial charge in [0, 0.05) is 32.3 Å². The zero-order chi connectivity index (χ0) is 20.8. The largest absolute Gasteiger partial charge is 0.493 e. The molecule has 154 valence electrons. The van der Waals surface area contributed by atoms with Gasteiger partial charge in [0.2, 0.25) is 23.2 Å². The molecule has 2 aromatic rings. The van der Waals surface area contributed by atoms with E-state index in [0.29, 0.717) is 34.7 Å². The lowest BCUT2D eigenvalue weighted by molar-refractivity contribution is 0.266. The van der Waals surface area contributed by atoms with Crippen LogP contribution < -0.4 is 19.1 Å². The fraction of sp³-hybridized carbons (Fsp3) is 0.429. The molecule has 0 bridgehead atoms. The molecule has 1 aromatic heterocycles. The Labute approximate surface area is 170 Å². The number of likely N-dealkylation sites (N-methyl/N-ethyl adjacent to an activating group) is 1. The number of ether oxygens (including phenoxy) is 3. The van der Waals surface area contributed by atoms with Gasteiger partial charge >= 0.3 is 0 Å². The van der Waals surface area contributed by atoms with E-state index in [1.807, 2.05) is 18.2 Å². The number of benzene rings is 1. The quantitative estimate of drug-likeness (QED) is 0.704. The minimum Gasteiger partial charge on any atom is -0.493 e. The van der Waals surface area contributed by atoms with Crippen LogP contribution in [0.1, 0.15) is 24.1 Å². The maximum atomic E-state index is 9.46. The van der Waals surface area contributed by atoms with Gasteiger partial charge in [-0.05, 0) is 30.3 Å². The summed E-state index contributed by atoms with van der Waals surface area (Å²) in [7, 11) is 4.71. The maximum absolute atomic E-state index is 9.46. The fourth-order valence-electron chi connectivity index (χ4n) is 3.32. The van der Waals surface area contributed by atoms with Gasteiger partial charge in [0.1, 0.15) is 6.07 Å². The van der Waals surface area contributed by atoms with Gasteiger partial charge in [-0.25, -0.2) is 0 Å². The summed E-state index contributed by atoms with van der Waals surface area (Å²) in [6, 6.07) is 5.80. The Morgan fingerprint density at radius 1 is 1.07 bits per heavy atom. The van der Waals surface area contributed by atoms with Crippen molar-refractivity contribution >= 4 is 18.0 Å². The lowest BCUT2D eigenvalue weighted by Crippen LogP contribution is -2.46. The Morgan fingerprint density at radius 3 is 2.24 bits per heavy atom. The third-order valence-corrected chi connectivity index (χ3v) is 4.94. The average molecular weight is 398 g/mol. The number of nitriles is 1. The van der Waals surface area contributed by atoms with Crippen LogP contribution >= 0.6 is 0 Å². The SMILES string of the molecule is CCN1CCN(c2oc(C=Cc3cc(OC)c(OC)c(OC)c3)nc2C#N)CC1. The Hall–Kier alpha value is -3.18. The minimum absolute atomic E-state index is 0.305. The first-order chi connectivity index (χ1) is 14.1. The van der Waals surface area contributed by atoms with Crippen LogP contribution in [0, 0.1) is 11.3 Å². The third-order valence-electron chi connectivity index (χ3n) is 4.94. The number of hydrogen-bond acceptors (Lipinski definition) is 8. The van der Waals surface area contributed by atoms with Crippen LogP contribution in [0.3, 0.4) is 0 Å². The van der Waals surface area contributed by atoms with E-state index in [1.165, 1.54) is 0 Å². The Morgan fingerprint density at radius 2 is 1.72 bits per heavy atom. The number of piperazine rings is 1. The first-order valence-corrected chi connectivity index (χ1v) is 9.49. The summed E-state index contributed by atoms with van der Waals surface area (Å²) in [6.07, 6.45) is 3.56. The summed E-state index contributed by atoms with van der Waals surface area (Å²) in [6.45, 7) is 6.69. The molecule has 0 N–H and O–H groups in total. The first kappa shape index (κ1) is 20.6. The van der Waals surface area contributed by atoms with Gasteiger partial charge in [-0.2, -0.15) is 10.2 Å². The Bertz CT molecular complexity index is 883. The van der Waals surface area contributed by atoms with Crippen LogP contribution in [-0.2, 0) is 0 Å². The molecular weight excluding hydrogens is 372 g/mol. The molecular formula is C21H26N4O4. The predicted molar refractivity (Wildman–Crippen MR) is 111 cm³/mol. The summed E-state index contributed by atoms with van der Waals surface area (Å²) in [4.78, 5) is 8.76. The third kappa shape index (κ3) is 4.46. The summed E-state index contributed by atoms with van der Waals surface area (Å²) >= 11 is 0. The molecule has 0 saturated carbocycles. The van der Waals surface area contributed by atoms with Crippen molar-refractivity contribution in [2.45, 2.75) is 6.92 Å². The van der Waals surface area contributed by atoms with E-state index in [4.69, 9.17) is 18.6 Å². The second-order valence-corrected chi connectivity index (χ2v) is 6.53. The minimum atomic E-state index is 0.305. The molecule has 0 aliphatic carbocycles. The summed E-state index contributed by atoms with van der Waals surface area (Å²) in [5, 5.41) is 9.46. The Balaban J connectivity index is 1.83. The summed E-state index contributed by atoms with van der Waals surface area (Å²) < 4.78 is 22.0. The van der Waals surface area contributed by atoms with E-state index in [2.05, 4.69) is 27.8 Å². The van der Waals surface area contributed by atoms with Crippen LogP contribution in [0.2, 0.25) is 0 Å².